The predicted octanol–water partition coefficient (Wildman–Crippen LogP) is 2.58. The molecule has 0 unspecified atom stereocenters. The van der Waals surface area contributed by atoms with E-state index in [1.807, 2.05) is 26.0 Å². The van der Waals surface area contributed by atoms with Crippen molar-refractivity contribution in [1.82, 2.24) is 5.06 Å². The third kappa shape index (κ3) is 5.63. The average molecular weight is 381 g/mol. The Labute approximate surface area is 158 Å². The number of carbonyl (C=O) groups is 1. The number of hydrogen-bond donors (Lipinski definition) is 2. The van der Waals surface area contributed by atoms with Gasteiger partial charge in [-0.05, 0) is 38.5 Å². The summed E-state index contributed by atoms with van der Waals surface area (Å²) >= 11 is 1.56. The summed E-state index contributed by atoms with van der Waals surface area (Å²) in [5.74, 6) is 0.263. The van der Waals surface area contributed by atoms with Gasteiger partial charge in [-0.2, -0.15) is 0 Å². The van der Waals surface area contributed by atoms with Crippen molar-refractivity contribution in [3.63, 3.8) is 0 Å². The minimum Gasteiger partial charge on any atom is -0.387 e. The molecule has 0 radical (unpaired) electrons. The summed E-state index contributed by atoms with van der Waals surface area (Å²) in [4.78, 5) is 24.7. The SMILES string of the molecule is CCCN(OCC)C(=O)C1=Cc2sc(COCCCN)cc2N=C(N)C1. The molecule has 8 heteroatoms. The maximum Gasteiger partial charge on any atom is 0.273 e. The molecule has 0 saturated carbocycles. The second-order valence-electron chi connectivity index (χ2n) is 5.93. The van der Waals surface area contributed by atoms with Crippen LogP contribution in [-0.2, 0) is 21.0 Å². The molecule has 7 nitrogen and oxygen atoms in total. The van der Waals surface area contributed by atoms with Gasteiger partial charge in [0.1, 0.15) is 5.84 Å². The summed E-state index contributed by atoms with van der Waals surface area (Å²) in [5, 5.41) is 1.41. The molecule has 26 heavy (non-hydrogen) atoms. The molecule has 0 fully saturated rings. The number of aliphatic imine (C=N–C) groups is 1. The van der Waals surface area contributed by atoms with Gasteiger partial charge >= 0.3 is 0 Å². The van der Waals surface area contributed by atoms with Gasteiger partial charge in [0.05, 0.1) is 23.8 Å². The van der Waals surface area contributed by atoms with Gasteiger partial charge in [-0.3, -0.25) is 9.63 Å². The molecule has 4 N–H and O–H groups in total. The van der Waals surface area contributed by atoms with E-state index in [1.54, 1.807) is 11.3 Å². The maximum absolute atomic E-state index is 12.8. The highest BCUT2D eigenvalue weighted by Gasteiger charge is 2.22. The fourth-order valence-electron chi connectivity index (χ4n) is 2.55. The number of nitrogens with zero attached hydrogens (tertiary/aromatic N) is 2. The standard InChI is InChI=1S/C18H28N4O3S/c1-3-7-22(25-4-2)18(23)13-9-16-15(21-17(20)10-13)11-14(26-16)12-24-8-5-6-19/h9,11H,3-8,10,12,19H2,1-2H3,(H2,20,21). The summed E-state index contributed by atoms with van der Waals surface area (Å²) in [6.07, 6.45) is 3.84. The molecule has 1 aliphatic rings. The topological polar surface area (TPSA) is 103 Å². The van der Waals surface area contributed by atoms with Crippen molar-refractivity contribution in [1.29, 1.82) is 0 Å². The van der Waals surface area contributed by atoms with Crippen LogP contribution in [0.2, 0.25) is 0 Å². The van der Waals surface area contributed by atoms with Crippen LogP contribution in [0.15, 0.2) is 16.6 Å². The summed E-state index contributed by atoms with van der Waals surface area (Å²) in [5.41, 5.74) is 12.9. The molecule has 2 heterocycles. The molecule has 0 aromatic carbocycles. The van der Waals surface area contributed by atoms with Crippen molar-refractivity contribution in [3.8, 4) is 0 Å². The lowest BCUT2D eigenvalue weighted by atomic mass is 10.1. The maximum atomic E-state index is 12.8. The van der Waals surface area contributed by atoms with Gasteiger partial charge in [0.15, 0.2) is 0 Å². The van der Waals surface area contributed by atoms with Crippen molar-refractivity contribution >= 4 is 34.8 Å². The van der Waals surface area contributed by atoms with Crippen molar-refractivity contribution in [3.05, 3.63) is 21.4 Å². The van der Waals surface area contributed by atoms with Crippen LogP contribution < -0.4 is 11.5 Å². The van der Waals surface area contributed by atoms with Crippen molar-refractivity contribution in [2.24, 2.45) is 16.5 Å². The van der Waals surface area contributed by atoms with Gasteiger partial charge in [-0.15, -0.1) is 11.3 Å². The van der Waals surface area contributed by atoms with Crippen LogP contribution in [0.1, 0.15) is 42.9 Å². The van der Waals surface area contributed by atoms with E-state index >= 15 is 0 Å². The molecule has 1 aromatic rings. The highest BCUT2D eigenvalue weighted by Crippen LogP contribution is 2.35. The van der Waals surface area contributed by atoms with E-state index in [1.165, 1.54) is 5.06 Å². The molecular weight excluding hydrogens is 352 g/mol. The van der Waals surface area contributed by atoms with E-state index in [2.05, 4.69) is 4.99 Å². The summed E-state index contributed by atoms with van der Waals surface area (Å²) in [6.45, 7) is 6.60. The van der Waals surface area contributed by atoms with Gasteiger partial charge in [-0.1, -0.05) is 6.92 Å². The van der Waals surface area contributed by atoms with Gasteiger partial charge < -0.3 is 16.2 Å². The second kappa shape index (κ2) is 10.4. The number of hydroxylamine groups is 2. The molecule has 0 aliphatic carbocycles. The minimum absolute atomic E-state index is 0.158. The molecule has 0 saturated heterocycles. The Morgan fingerprint density at radius 3 is 2.92 bits per heavy atom. The van der Waals surface area contributed by atoms with Crippen molar-refractivity contribution in [2.45, 2.75) is 39.7 Å². The number of nitrogens with two attached hydrogens (primary N) is 2. The largest absolute Gasteiger partial charge is 0.387 e. The van der Waals surface area contributed by atoms with Crippen molar-refractivity contribution in [2.75, 3.05) is 26.3 Å². The Balaban J connectivity index is 2.19. The first-order chi connectivity index (χ1) is 12.6. The first-order valence-electron chi connectivity index (χ1n) is 8.97. The van der Waals surface area contributed by atoms with Crippen LogP contribution in [0.3, 0.4) is 0 Å². The predicted molar refractivity (Wildman–Crippen MR) is 105 cm³/mol. The average Bonchev–Trinajstić information content (AvgIpc) is 2.91. The van der Waals surface area contributed by atoms with Gasteiger partial charge in [0.25, 0.3) is 5.91 Å². The summed E-state index contributed by atoms with van der Waals surface area (Å²) in [7, 11) is 0. The fourth-order valence-corrected chi connectivity index (χ4v) is 3.55. The smallest absolute Gasteiger partial charge is 0.273 e. The van der Waals surface area contributed by atoms with Crippen LogP contribution >= 0.6 is 11.3 Å². The number of hydrogen-bond acceptors (Lipinski definition) is 7. The van der Waals surface area contributed by atoms with Gasteiger partial charge in [0.2, 0.25) is 0 Å². The number of amidine groups is 1. The molecular formula is C18H28N4O3S. The Bertz CT molecular complexity index is 663. The van der Waals surface area contributed by atoms with Crippen LogP contribution in [0, 0.1) is 0 Å². The van der Waals surface area contributed by atoms with Crippen LogP contribution in [0.5, 0.6) is 0 Å². The lowest BCUT2D eigenvalue weighted by Gasteiger charge is -2.21. The van der Waals surface area contributed by atoms with E-state index in [-0.39, 0.29) is 5.91 Å². The van der Waals surface area contributed by atoms with Gasteiger partial charge in [0, 0.05) is 30.0 Å². The van der Waals surface area contributed by atoms with E-state index in [4.69, 9.17) is 21.0 Å². The number of ether oxygens (including phenoxy) is 1. The first kappa shape index (κ1) is 20.6. The lowest BCUT2D eigenvalue weighted by Crippen LogP contribution is -2.34. The zero-order valence-electron chi connectivity index (χ0n) is 15.5. The fraction of sp³-hybridized carbons (Fsp3) is 0.556. The van der Waals surface area contributed by atoms with E-state index in [0.717, 1.165) is 28.3 Å². The Morgan fingerprint density at radius 2 is 2.23 bits per heavy atom. The van der Waals surface area contributed by atoms with E-state index < -0.39 is 0 Å². The highest BCUT2D eigenvalue weighted by molar-refractivity contribution is 7.13. The Kier molecular flexibility index (Phi) is 8.24. The van der Waals surface area contributed by atoms with Gasteiger partial charge in [-0.25, -0.2) is 10.1 Å². The molecule has 1 aromatic heterocycles. The highest BCUT2D eigenvalue weighted by atomic mass is 32.1. The molecule has 0 bridgehead atoms. The number of carbonyl (C=O) groups excluding carboxylic acids is 1. The molecule has 1 aliphatic heterocycles. The zero-order chi connectivity index (χ0) is 18.9. The third-order valence-corrected chi connectivity index (χ3v) is 4.73. The number of thiophene rings is 1. The number of rotatable bonds is 10. The zero-order valence-corrected chi connectivity index (χ0v) is 16.3. The second-order valence-corrected chi connectivity index (χ2v) is 7.10. The normalized spacial score (nSPS) is 13.7. The molecule has 0 atom stereocenters. The Hall–Kier alpha value is -1.74. The third-order valence-electron chi connectivity index (χ3n) is 3.68. The molecule has 0 spiro atoms. The van der Waals surface area contributed by atoms with Crippen LogP contribution in [0.4, 0.5) is 5.69 Å². The first-order valence-corrected chi connectivity index (χ1v) is 9.79. The van der Waals surface area contributed by atoms with E-state index in [0.29, 0.717) is 50.7 Å². The molecule has 2 rings (SSSR count). The van der Waals surface area contributed by atoms with Crippen molar-refractivity contribution < 1.29 is 14.4 Å². The summed E-state index contributed by atoms with van der Waals surface area (Å²) in [6, 6.07) is 1.96. The monoisotopic (exact) mass is 380 g/mol. The number of amides is 1. The van der Waals surface area contributed by atoms with E-state index in [9.17, 15) is 4.79 Å². The van der Waals surface area contributed by atoms with Crippen LogP contribution in [-0.4, -0.2) is 43.1 Å². The lowest BCUT2D eigenvalue weighted by molar-refractivity contribution is -0.180. The Morgan fingerprint density at radius 1 is 1.42 bits per heavy atom. The quantitative estimate of drug-likeness (QED) is 0.480. The summed E-state index contributed by atoms with van der Waals surface area (Å²) < 4.78 is 5.61. The molecule has 1 amide bonds. The van der Waals surface area contributed by atoms with Crippen LogP contribution in [0.25, 0.3) is 6.08 Å². The molecule has 144 valence electrons. The minimum atomic E-state index is -0.158. The number of fused-ring (bicyclic) bond motifs is 1.